The lowest BCUT2D eigenvalue weighted by Gasteiger charge is -2.23. The molecule has 1 amide bonds. The number of nitrogens with one attached hydrogen (secondary N) is 1. The predicted molar refractivity (Wildman–Crippen MR) is 90.3 cm³/mol. The van der Waals surface area contributed by atoms with Gasteiger partial charge in [-0.25, -0.2) is 16.8 Å². The largest absolute Gasteiger partial charge is 0.455 e. The summed E-state index contributed by atoms with van der Waals surface area (Å²) in [5, 5.41) is 1.59. The van der Waals surface area contributed by atoms with E-state index in [1.54, 1.807) is 11.4 Å². The van der Waals surface area contributed by atoms with E-state index in [0.717, 1.165) is 11.3 Å². The molecule has 0 saturated carbocycles. The molecule has 1 unspecified atom stereocenters. The van der Waals surface area contributed by atoms with E-state index in [1.165, 1.54) is 18.0 Å². The van der Waals surface area contributed by atoms with Gasteiger partial charge in [-0.05, 0) is 17.9 Å². The third-order valence-corrected chi connectivity index (χ3v) is 8.22. The average Bonchev–Trinajstić information content (AvgIpc) is 3.19. The van der Waals surface area contributed by atoms with Crippen molar-refractivity contribution in [3.05, 3.63) is 17.5 Å². The number of sulfonamides is 1. The van der Waals surface area contributed by atoms with Crippen LogP contribution in [-0.4, -0.2) is 71.4 Å². The van der Waals surface area contributed by atoms with Crippen LogP contribution in [-0.2, 0) is 34.2 Å². The lowest BCUT2D eigenvalue weighted by molar-refractivity contribution is -0.151. The van der Waals surface area contributed by atoms with Gasteiger partial charge in [0.1, 0.15) is 10.8 Å². The van der Waals surface area contributed by atoms with Crippen molar-refractivity contribution >= 4 is 43.1 Å². The van der Waals surface area contributed by atoms with Crippen molar-refractivity contribution in [2.45, 2.75) is 16.7 Å². The van der Waals surface area contributed by atoms with Crippen LogP contribution in [0, 0.1) is 0 Å². The van der Waals surface area contributed by atoms with Gasteiger partial charge >= 0.3 is 5.97 Å². The minimum Gasteiger partial charge on any atom is -0.455 e. The van der Waals surface area contributed by atoms with Crippen LogP contribution in [0.5, 0.6) is 0 Å². The first-order chi connectivity index (χ1) is 11.6. The third kappa shape index (κ3) is 5.49. The maximum Gasteiger partial charge on any atom is 0.321 e. The molecule has 140 valence electrons. The lowest BCUT2D eigenvalue weighted by atomic mass is 10.2. The Balaban J connectivity index is 1.77. The number of rotatable bonds is 7. The molecule has 1 aromatic heterocycles. The Hall–Kier alpha value is -1.50. The van der Waals surface area contributed by atoms with Gasteiger partial charge in [0, 0.05) is 13.1 Å². The van der Waals surface area contributed by atoms with E-state index in [1.807, 2.05) is 0 Å². The van der Waals surface area contributed by atoms with Crippen molar-refractivity contribution in [3.63, 3.8) is 0 Å². The van der Waals surface area contributed by atoms with Crippen LogP contribution in [0.1, 0.15) is 6.42 Å². The SMILES string of the molecule is CN(C(=O)COC(=O)CNS(=O)(=O)c1cccs1)C1CCS(=O)(=O)C1. The fraction of sp³-hybridized carbons (Fsp3) is 0.538. The van der Waals surface area contributed by atoms with Crippen LogP contribution < -0.4 is 4.72 Å². The smallest absolute Gasteiger partial charge is 0.321 e. The minimum absolute atomic E-state index is 0.0274. The van der Waals surface area contributed by atoms with Crippen LogP contribution in [0.3, 0.4) is 0 Å². The molecule has 12 heteroatoms. The molecule has 25 heavy (non-hydrogen) atoms. The van der Waals surface area contributed by atoms with Crippen molar-refractivity contribution in [2.75, 3.05) is 31.7 Å². The van der Waals surface area contributed by atoms with E-state index in [4.69, 9.17) is 4.74 Å². The predicted octanol–water partition coefficient (Wildman–Crippen LogP) is -0.785. The van der Waals surface area contributed by atoms with Gasteiger partial charge < -0.3 is 9.64 Å². The molecule has 0 aromatic carbocycles. The second-order valence-corrected chi connectivity index (χ2v) is 10.6. The van der Waals surface area contributed by atoms with Crippen LogP contribution >= 0.6 is 11.3 Å². The second-order valence-electron chi connectivity index (χ2n) is 5.48. The second kappa shape index (κ2) is 7.81. The van der Waals surface area contributed by atoms with E-state index < -0.39 is 50.9 Å². The number of thiophene rings is 1. The summed E-state index contributed by atoms with van der Waals surface area (Å²) < 4.78 is 53.4. The molecule has 2 heterocycles. The molecular formula is C13H18N2O7S3. The zero-order chi connectivity index (χ0) is 18.7. The highest BCUT2D eigenvalue weighted by Crippen LogP contribution is 2.17. The monoisotopic (exact) mass is 410 g/mol. The van der Waals surface area contributed by atoms with Gasteiger partial charge in [-0.2, -0.15) is 4.72 Å². The van der Waals surface area contributed by atoms with Gasteiger partial charge in [-0.15, -0.1) is 11.3 Å². The molecule has 9 nitrogen and oxygen atoms in total. The molecule has 1 saturated heterocycles. The van der Waals surface area contributed by atoms with Gasteiger partial charge in [0.25, 0.3) is 15.9 Å². The van der Waals surface area contributed by atoms with Crippen molar-refractivity contribution in [2.24, 2.45) is 0 Å². The van der Waals surface area contributed by atoms with E-state index in [0.29, 0.717) is 6.42 Å². The molecule has 0 aliphatic carbocycles. The van der Waals surface area contributed by atoms with Crippen molar-refractivity contribution in [1.82, 2.24) is 9.62 Å². The molecule has 2 rings (SSSR count). The molecule has 1 aliphatic rings. The number of sulfone groups is 1. The minimum atomic E-state index is -3.79. The fourth-order valence-electron chi connectivity index (χ4n) is 2.22. The van der Waals surface area contributed by atoms with Crippen LogP contribution in [0.4, 0.5) is 0 Å². The first-order valence-corrected chi connectivity index (χ1v) is 11.4. The summed E-state index contributed by atoms with van der Waals surface area (Å²) in [5.41, 5.74) is 0. The van der Waals surface area contributed by atoms with Gasteiger partial charge in [-0.1, -0.05) is 6.07 Å². The number of amides is 1. The fourth-order valence-corrected chi connectivity index (χ4v) is 6.00. The number of hydrogen-bond acceptors (Lipinski definition) is 8. The Morgan fingerprint density at radius 2 is 2.16 bits per heavy atom. The molecule has 1 fully saturated rings. The number of carbonyl (C=O) groups excluding carboxylic acids is 2. The summed E-state index contributed by atoms with van der Waals surface area (Å²) in [6.45, 7) is -1.18. The highest BCUT2D eigenvalue weighted by molar-refractivity contribution is 7.91. The van der Waals surface area contributed by atoms with Gasteiger partial charge in [0.2, 0.25) is 0 Å². The lowest BCUT2D eigenvalue weighted by Crippen LogP contribution is -2.41. The summed E-state index contributed by atoms with van der Waals surface area (Å²) in [4.78, 5) is 24.8. The number of hydrogen-bond donors (Lipinski definition) is 1. The average molecular weight is 410 g/mol. The quantitative estimate of drug-likeness (QED) is 0.584. The number of ether oxygens (including phenoxy) is 1. The Bertz CT molecular complexity index is 831. The Morgan fingerprint density at radius 1 is 1.44 bits per heavy atom. The number of nitrogens with zero attached hydrogens (tertiary/aromatic N) is 1. The van der Waals surface area contributed by atoms with Crippen molar-refractivity contribution < 1.29 is 31.2 Å². The zero-order valence-electron chi connectivity index (χ0n) is 13.4. The molecule has 0 bridgehead atoms. The van der Waals surface area contributed by atoms with Gasteiger partial charge in [-0.3, -0.25) is 9.59 Å². The number of esters is 1. The van der Waals surface area contributed by atoms with E-state index in [-0.39, 0.29) is 15.7 Å². The normalized spacial score (nSPS) is 19.5. The molecule has 0 spiro atoms. The zero-order valence-corrected chi connectivity index (χ0v) is 15.8. The molecule has 1 aromatic rings. The Labute approximate surface area is 149 Å². The van der Waals surface area contributed by atoms with E-state index in [9.17, 15) is 26.4 Å². The van der Waals surface area contributed by atoms with Crippen LogP contribution in [0.2, 0.25) is 0 Å². The molecule has 1 N–H and O–H groups in total. The van der Waals surface area contributed by atoms with Crippen molar-refractivity contribution in [3.8, 4) is 0 Å². The standard InChI is InChI=1S/C13H18N2O7S3/c1-15(10-4-6-24(18,19)9-10)11(16)8-22-12(17)7-14-25(20,21)13-3-2-5-23-13/h2-3,5,10,14H,4,6-9H2,1H3. The van der Waals surface area contributed by atoms with Gasteiger partial charge in [0.05, 0.1) is 11.5 Å². The van der Waals surface area contributed by atoms with E-state index in [2.05, 4.69) is 4.72 Å². The Kier molecular flexibility index (Phi) is 6.19. The Morgan fingerprint density at radius 3 is 2.72 bits per heavy atom. The third-order valence-electron chi connectivity index (χ3n) is 3.67. The summed E-state index contributed by atoms with van der Waals surface area (Å²) in [7, 11) is -5.47. The summed E-state index contributed by atoms with van der Waals surface area (Å²) >= 11 is 1.01. The van der Waals surface area contributed by atoms with Gasteiger partial charge in [0.15, 0.2) is 16.4 Å². The van der Waals surface area contributed by atoms with Crippen molar-refractivity contribution in [1.29, 1.82) is 0 Å². The topological polar surface area (TPSA) is 127 Å². The van der Waals surface area contributed by atoms with E-state index >= 15 is 0 Å². The molecule has 0 radical (unpaired) electrons. The first-order valence-electron chi connectivity index (χ1n) is 7.25. The highest BCUT2D eigenvalue weighted by Gasteiger charge is 2.32. The molecular weight excluding hydrogens is 392 g/mol. The first kappa shape index (κ1) is 19.8. The molecule has 1 atom stereocenters. The maximum atomic E-state index is 12.0. The molecule has 1 aliphatic heterocycles. The summed E-state index contributed by atoms with van der Waals surface area (Å²) in [5.74, 6) is -1.53. The number of likely N-dealkylation sites (N-methyl/N-ethyl adjacent to an activating group) is 1. The number of carbonyl (C=O) groups is 2. The van der Waals surface area contributed by atoms with Crippen LogP contribution in [0.25, 0.3) is 0 Å². The maximum absolute atomic E-state index is 12.0. The summed E-state index contributed by atoms with van der Waals surface area (Å²) in [6.07, 6.45) is 0.346. The van der Waals surface area contributed by atoms with Crippen LogP contribution in [0.15, 0.2) is 21.7 Å². The highest BCUT2D eigenvalue weighted by atomic mass is 32.2. The summed E-state index contributed by atoms with van der Waals surface area (Å²) in [6, 6.07) is 2.52.